The van der Waals surface area contributed by atoms with Gasteiger partial charge in [0.15, 0.2) is 11.6 Å². The zero-order valence-electron chi connectivity index (χ0n) is 13.2. The Morgan fingerprint density at radius 3 is 2.80 bits per heavy atom. The van der Waals surface area contributed by atoms with Crippen LogP contribution in [-0.4, -0.2) is 12.0 Å². The van der Waals surface area contributed by atoms with Crippen molar-refractivity contribution in [1.82, 2.24) is 0 Å². The molecule has 0 saturated heterocycles. The summed E-state index contributed by atoms with van der Waals surface area (Å²) in [6, 6.07) is 9.87. The first-order valence-corrected chi connectivity index (χ1v) is 8.84. The highest BCUT2D eigenvalue weighted by Crippen LogP contribution is 2.29. The second-order valence-corrected chi connectivity index (χ2v) is 6.98. The van der Waals surface area contributed by atoms with Crippen LogP contribution in [-0.2, 0) is 0 Å². The molecule has 6 heteroatoms. The Bertz CT molecular complexity index is 949. The van der Waals surface area contributed by atoms with E-state index in [1.165, 1.54) is 12.3 Å². The molecular weight excluding hydrogens is 389 g/mol. The van der Waals surface area contributed by atoms with E-state index in [0.717, 1.165) is 23.7 Å². The van der Waals surface area contributed by atoms with Crippen LogP contribution in [0.2, 0.25) is 0 Å². The second-order valence-electron chi connectivity index (χ2n) is 6.06. The number of fused-ring (bicyclic) bond motifs is 1. The molecule has 0 spiro atoms. The van der Waals surface area contributed by atoms with Gasteiger partial charge in [0.05, 0.1) is 11.7 Å². The molecule has 2 aromatic carbocycles. The van der Waals surface area contributed by atoms with Crippen LogP contribution in [0.5, 0.6) is 5.75 Å². The Kier molecular flexibility index (Phi) is 4.21. The summed E-state index contributed by atoms with van der Waals surface area (Å²) in [5.41, 5.74) is 1.38. The Hall–Kier alpha value is -2.34. The van der Waals surface area contributed by atoms with Crippen molar-refractivity contribution in [2.45, 2.75) is 25.4 Å². The number of furan rings is 1. The summed E-state index contributed by atoms with van der Waals surface area (Å²) in [5.74, 6) is -0.611. The summed E-state index contributed by atoms with van der Waals surface area (Å²) in [7, 11) is 0. The minimum atomic E-state index is -0.481. The van der Waals surface area contributed by atoms with Crippen LogP contribution in [0.15, 0.2) is 51.6 Å². The van der Waals surface area contributed by atoms with Gasteiger partial charge < -0.3 is 14.5 Å². The van der Waals surface area contributed by atoms with Crippen molar-refractivity contribution in [3.05, 3.63) is 58.5 Å². The molecule has 1 saturated carbocycles. The number of carbonyl (C=O) groups excluding carboxylic acids is 1. The maximum Gasteiger partial charge on any atom is 0.259 e. The van der Waals surface area contributed by atoms with Crippen molar-refractivity contribution in [2.75, 3.05) is 5.32 Å². The van der Waals surface area contributed by atoms with E-state index in [2.05, 4.69) is 21.2 Å². The van der Waals surface area contributed by atoms with Gasteiger partial charge in [-0.15, -0.1) is 0 Å². The fourth-order valence-electron chi connectivity index (χ4n) is 2.72. The molecular formula is C19H15BrFNO3. The topological polar surface area (TPSA) is 51.5 Å². The van der Waals surface area contributed by atoms with Gasteiger partial charge in [-0.1, -0.05) is 15.9 Å². The minimum Gasteiger partial charge on any atom is -0.487 e. The Morgan fingerprint density at radius 2 is 2.08 bits per heavy atom. The fraction of sp³-hybridized carbons (Fsp3) is 0.211. The van der Waals surface area contributed by atoms with Crippen LogP contribution in [0.1, 0.15) is 29.6 Å². The van der Waals surface area contributed by atoms with Crippen molar-refractivity contribution < 1.29 is 18.3 Å². The monoisotopic (exact) mass is 403 g/mol. The average molecular weight is 404 g/mol. The van der Waals surface area contributed by atoms with Gasteiger partial charge in [-0.25, -0.2) is 4.39 Å². The van der Waals surface area contributed by atoms with Crippen molar-refractivity contribution >= 4 is 38.5 Å². The van der Waals surface area contributed by atoms with Crippen molar-refractivity contribution in [1.29, 1.82) is 0 Å². The number of ether oxygens (including phenoxy) is 1. The molecule has 1 fully saturated rings. The zero-order chi connectivity index (χ0) is 17.4. The molecule has 0 atom stereocenters. The molecule has 1 heterocycles. The Labute approximate surface area is 152 Å². The van der Waals surface area contributed by atoms with Gasteiger partial charge in [-0.2, -0.15) is 0 Å². The van der Waals surface area contributed by atoms with Crippen molar-refractivity contribution in [3.8, 4) is 5.75 Å². The number of benzene rings is 2. The third-order valence-electron chi connectivity index (χ3n) is 4.32. The van der Waals surface area contributed by atoms with E-state index in [0.29, 0.717) is 22.2 Å². The molecule has 1 N–H and O–H groups in total. The van der Waals surface area contributed by atoms with Gasteiger partial charge in [0.1, 0.15) is 11.8 Å². The first-order valence-electron chi connectivity index (χ1n) is 8.04. The van der Waals surface area contributed by atoms with Crippen LogP contribution < -0.4 is 10.1 Å². The predicted molar refractivity (Wildman–Crippen MR) is 96.5 cm³/mol. The molecule has 25 heavy (non-hydrogen) atoms. The molecule has 4 nitrogen and oxygen atoms in total. The van der Waals surface area contributed by atoms with E-state index in [-0.39, 0.29) is 17.8 Å². The van der Waals surface area contributed by atoms with Gasteiger partial charge in [-0.3, -0.25) is 4.79 Å². The van der Waals surface area contributed by atoms with Crippen molar-refractivity contribution in [2.24, 2.45) is 0 Å². The lowest BCUT2D eigenvalue weighted by Gasteiger charge is -2.26. The van der Waals surface area contributed by atoms with E-state index >= 15 is 0 Å². The lowest BCUT2D eigenvalue weighted by Crippen LogP contribution is -2.25. The standard InChI is InChI=1S/C19H15BrFNO3/c20-11-4-6-14-15(10-24-18(14)8-11)19(23)22-12-5-7-17(16(21)9-12)25-13-2-1-3-13/h4-10,13H,1-3H2,(H,22,23). The predicted octanol–water partition coefficient (Wildman–Crippen LogP) is 5.52. The number of hydrogen-bond acceptors (Lipinski definition) is 3. The molecule has 4 rings (SSSR count). The maximum absolute atomic E-state index is 14.2. The van der Waals surface area contributed by atoms with E-state index in [1.807, 2.05) is 6.07 Å². The van der Waals surface area contributed by atoms with Crippen LogP contribution in [0.25, 0.3) is 11.0 Å². The summed E-state index contributed by atoms with van der Waals surface area (Å²) >= 11 is 3.36. The third kappa shape index (κ3) is 3.26. The lowest BCUT2D eigenvalue weighted by atomic mass is 9.96. The van der Waals surface area contributed by atoms with Crippen LogP contribution in [0.3, 0.4) is 0 Å². The number of rotatable bonds is 4. The van der Waals surface area contributed by atoms with Gasteiger partial charge in [-0.05, 0) is 49.6 Å². The molecule has 0 radical (unpaired) electrons. The minimum absolute atomic E-state index is 0.103. The number of carbonyl (C=O) groups is 1. The molecule has 128 valence electrons. The summed E-state index contributed by atoms with van der Waals surface area (Å²) in [6.07, 6.45) is 4.54. The van der Waals surface area contributed by atoms with Crippen LogP contribution >= 0.6 is 15.9 Å². The molecule has 0 bridgehead atoms. The quantitative estimate of drug-likeness (QED) is 0.623. The fourth-order valence-corrected chi connectivity index (χ4v) is 3.06. The molecule has 1 aromatic heterocycles. The molecule has 3 aromatic rings. The number of hydrogen-bond donors (Lipinski definition) is 1. The summed E-state index contributed by atoms with van der Waals surface area (Å²) in [4.78, 5) is 12.5. The van der Waals surface area contributed by atoms with Gasteiger partial charge in [0, 0.05) is 21.6 Å². The molecule has 0 unspecified atom stereocenters. The number of anilines is 1. The normalized spacial score (nSPS) is 14.3. The molecule has 0 aliphatic heterocycles. The summed E-state index contributed by atoms with van der Waals surface area (Å²) < 4.78 is 26.0. The molecule has 1 amide bonds. The smallest absolute Gasteiger partial charge is 0.259 e. The van der Waals surface area contributed by atoms with Gasteiger partial charge >= 0.3 is 0 Å². The van der Waals surface area contributed by atoms with Crippen LogP contribution in [0.4, 0.5) is 10.1 Å². The second kappa shape index (κ2) is 6.52. The number of halogens is 2. The highest BCUT2D eigenvalue weighted by molar-refractivity contribution is 9.10. The van der Waals surface area contributed by atoms with E-state index in [9.17, 15) is 9.18 Å². The maximum atomic E-state index is 14.2. The first kappa shape index (κ1) is 16.1. The van der Waals surface area contributed by atoms with E-state index in [4.69, 9.17) is 9.15 Å². The number of nitrogens with one attached hydrogen (secondary N) is 1. The number of amides is 1. The summed E-state index contributed by atoms with van der Waals surface area (Å²) in [6.45, 7) is 0. The lowest BCUT2D eigenvalue weighted by molar-refractivity contribution is 0.102. The van der Waals surface area contributed by atoms with Gasteiger partial charge in [0.25, 0.3) is 5.91 Å². The largest absolute Gasteiger partial charge is 0.487 e. The van der Waals surface area contributed by atoms with E-state index in [1.54, 1.807) is 24.3 Å². The van der Waals surface area contributed by atoms with E-state index < -0.39 is 5.82 Å². The van der Waals surface area contributed by atoms with Crippen LogP contribution in [0, 0.1) is 5.82 Å². The molecule has 1 aliphatic rings. The highest BCUT2D eigenvalue weighted by atomic mass is 79.9. The Morgan fingerprint density at radius 1 is 1.24 bits per heavy atom. The third-order valence-corrected chi connectivity index (χ3v) is 4.81. The highest BCUT2D eigenvalue weighted by Gasteiger charge is 2.21. The summed E-state index contributed by atoms with van der Waals surface area (Å²) in [5, 5.41) is 3.39. The first-order chi connectivity index (χ1) is 12.1. The Balaban J connectivity index is 1.52. The van der Waals surface area contributed by atoms with Crippen molar-refractivity contribution in [3.63, 3.8) is 0 Å². The zero-order valence-corrected chi connectivity index (χ0v) is 14.8. The van der Waals surface area contributed by atoms with Gasteiger partial charge in [0.2, 0.25) is 0 Å². The SMILES string of the molecule is O=C(Nc1ccc(OC2CCC2)c(F)c1)c1coc2cc(Br)ccc12. The molecule has 1 aliphatic carbocycles. The average Bonchev–Trinajstić information content (AvgIpc) is 2.95.